The van der Waals surface area contributed by atoms with Gasteiger partial charge in [-0.2, -0.15) is 0 Å². The van der Waals surface area contributed by atoms with E-state index in [9.17, 15) is 4.79 Å². The highest BCUT2D eigenvalue weighted by Gasteiger charge is 2.17. The standard InChI is InChI=1S/C16H33NO2/c1-5-6-7-8-12-15(4)19-16(18)13(2)10-9-11-14(3)17/h13-15H,5-12,17H2,1-4H3. The molecule has 0 aliphatic rings. The largest absolute Gasteiger partial charge is 0.462 e. The fourth-order valence-corrected chi connectivity index (χ4v) is 2.10. The van der Waals surface area contributed by atoms with Crippen molar-refractivity contribution in [3.05, 3.63) is 0 Å². The lowest BCUT2D eigenvalue weighted by atomic mass is 10.0. The predicted octanol–water partition coefficient (Wildman–Crippen LogP) is 4.04. The smallest absolute Gasteiger partial charge is 0.308 e. The summed E-state index contributed by atoms with van der Waals surface area (Å²) in [5, 5.41) is 0. The monoisotopic (exact) mass is 271 g/mol. The summed E-state index contributed by atoms with van der Waals surface area (Å²) in [5.74, 6) is -0.0514. The molecule has 0 spiro atoms. The molecular formula is C16H33NO2. The van der Waals surface area contributed by atoms with Crippen molar-refractivity contribution in [2.45, 2.75) is 91.2 Å². The van der Waals surface area contributed by atoms with Gasteiger partial charge >= 0.3 is 5.97 Å². The van der Waals surface area contributed by atoms with Crippen LogP contribution in [0.1, 0.15) is 79.1 Å². The Bertz CT molecular complexity index is 229. The molecule has 0 amide bonds. The van der Waals surface area contributed by atoms with Crippen LogP contribution in [0.5, 0.6) is 0 Å². The zero-order chi connectivity index (χ0) is 14.7. The minimum atomic E-state index is -0.0485. The molecule has 19 heavy (non-hydrogen) atoms. The number of carbonyl (C=O) groups excluding carboxylic acids is 1. The van der Waals surface area contributed by atoms with E-state index in [-0.39, 0.29) is 24.0 Å². The number of nitrogens with two attached hydrogens (primary N) is 1. The molecule has 0 aromatic heterocycles. The van der Waals surface area contributed by atoms with Crippen molar-refractivity contribution in [1.29, 1.82) is 0 Å². The minimum Gasteiger partial charge on any atom is -0.462 e. The van der Waals surface area contributed by atoms with Gasteiger partial charge in [0.2, 0.25) is 0 Å². The first kappa shape index (κ1) is 18.4. The van der Waals surface area contributed by atoms with Crippen LogP contribution in [0.4, 0.5) is 0 Å². The Hall–Kier alpha value is -0.570. The first-order valence-corrected chi connectivity index (χ1v) is 7.93. The van der Waals surface area contributed by atoms with E-state index in [0.29, 0.717) is 0 Å². The number of unbranched alkanes of at least 4 members (excludes halogenated alkanes) is 3. The lowest BCUT2D eigenvalue weighted by molar-refractivity contribution is -0.153. The van der Waals surface area contributed by atoms with Crippen LogP contribution < -0.4 is 5.73 Å². The zero-order valence-corrected chi connectivity index (χ0v) is 13.3. The lowest BCUT2D eigenvalue weighted by Gasteiger charge is -2.17. The van der Waals surface area contributed by atoms with Crippen molar-refractivity contribution in [3.63, 3.8) is 0 Å². The lowest BCUT2D eigenvalue weighted by Crippen LogP contribution is -2.21. The van der Waals surface area contributed by atoms with E-state index in [2.05, 4.69) is 6.92 Å². The molecule has 0 aromatic carbocycles. The number of esters is 1. The summed E-state index contributed by atoms with van der Waals surface area (Å²) in [6.07, 6.45) is 8.80. The van der Waals surface area contributed by atoms with Gasteiger partial charge in [0.25, 0.3) is 0 Å². The maximum Gasteiger partial charge on any atom is 0.308 e. The normalized spacial score (nSPS) is 15.8. The second-order valence-corrected chi connectivity index (χ2v) is 5.91. The van der Waals surface area contributed by atoms with E-state index < -0.39 is 0 Å². The van der Waals surface area contributed by atoms with Gasteiger partial charge in [0.15, 0.2) is 0 Å². The number of ether oxygens (including phenoxy) is 1. The second-order valence-electron chi connectivity index (χ2n) is 5.91. The van der Waals surface area contributed by atoms with Gasteiger partial charge in [0.1, 0.15) is 0 Å². The molecule has 0 aliphatic carbocycles. The summed E-state index contributed by atoms with van der Waals surface area (Å²) < 4.78 is 5.48. The highest BCUT2D eigenvalue weighted by molar-refractivity contribution is 5.72. The third kappa shape index (κ3) is 11.0. The van der Waals surface area contributed by atoms with E-state index in [1.54, 1.807) is 0 Å². The van der Waals surface area contributed by atoms with Gasteiger partial charge in [-0.25, -0.2) is 0 Å². The molecule has 3 heteroatoms. The van der Waals surface area contributed by atoms with Gasteiger partial charge < -0.3 is 10.5 Å². The number of hydrogen-bond acceptors (Lipinski definition) is 3. The Morgan fingerprint density at radius 1 is 1.00 bits per heavy atom. The molecule has 0 rings (SSSR count). The van der Waals surface area contributed by atoms with E-state index >= 15 is 0 Å². The van der Waals surface area contributed by atoms with Gasteiger partial charge in [-0.15, -0.1) is 0 Å². The molecule has 0 saturated heterocycles. The number of carbonyl (C=O) groups is 1. The molecule has 114 valence electrons. The van der Waals surface area contributed by atoms with Crippen LogP contribution in [0.3, 0.4) is 0 Å². The van der Waals surface area contributed by atoms with Crippen LogP contribution in [0.25, 0.3) is 0 Å². The zero-order valence-electron chi connectivity index (χ0n) is 13.3. The molecule has 0 aromatic rings. The molecule has 0 bridgehead atoms. The van der Waals surface area contributed by atoms with Crippen LogP contribution >= 0.6 is 0 Å². The fourth-order valence-electron chi connectivity index (χ4n) is 2.10. The highest BCUT2D eigenvalue weighted by atomic mass is 16.5. The number of rotatable bonds is 11. The van der Waals surface area contributed by atoms with Crippen molar-refractivity contribution < 1.29 is 9.53 Å². The van der Waals surface area contributed by atoms with Gasteiger partial charge in [0.05, 0.1) is 12.0 Å². The van der Waals surface area contributed by atoms with Crippen molar-refractivity contribution >= 4 is 5.97 Å². The molecule has 0 radical (unpaired) electrons. The molecule has 0 saturated carbocycles. The third-order valence-corrected chi connectivity index (χ3v) is 3.48. The minimum absolute atomic E-state index is 0.00292. The van der Waals surface area contributed by atoms with E-state index in [0.717, 1.165) is 32.1 Å². The fraction of sp³-hybridized carbons (Fsp3) is 0.938. The predicted molar refractivity (Wildman–Crippen MR) is 81.0 cm³/mol. The van der Waals surface area contributed by atoms with E-state index in [4.69, 9.17) is 10.5 Å². The van der Waals surface area contributed by atoms with Crippen molar-refractivity contribution in [2.24, 2.45) is 11.7 Å². The maximum atomic E-state index is 11.9. The van der Waals surface area contributed by atoms with Crippen molar-refractivity contribution in [3.8, 4) is 0 Å². The van der Waals surface area contributed by atoms with E-state index in [1.807, 2.05) is 20.8 Å². The molecule has 3 atom stereocenters. The van der Waals surface area contributed by atoms with Crippen LogP contribution in [-0.2, 0) is 9.53 Å². The van der Waals surface area contributed by atoms with E-state index in [1.165, 1.54) is 19.3 Å². The first-order chi connectivity index (χ1) is 8.97. The molecule has 3 nitrogen and oxygen atoms in total. The Kier molecular flexibility index (Phi) is 10.9. The number of hydrogen-bond donors (Lipinski definition) is 1. The second kappa shape index (κ2) is 11.3. The summed E-state index contributed by atoms with van der Waals surface area (Å²) in [6, 6.07) is 0.223. The Morgan fingerprint density at radius 3 is 2.26 bits per heavy atom. The van der Waals surface area contributed by atoms with Crippen LogP contribution in [-0.4, -0.2) is 18.1 Å². The van der Waals surface area contributed by atoms with Crippen molar-refractivity contribution in [1.82, 2.24) is 0 Å². The van der Waals surface area contributed by atoms with Crippen LogP contribution in [0.15, 0.2) is 0 Å². The van der Waals surface area contributed by atoms with Crippen LogP contribution in [0.2, 0.25) is 0 Å². The molecular weight excluding hydrogens is 238 g/mol. The Labute approximate surface area is 119 Å². The SMILES string of the molecule is CCCCCCC(C)OC(=O)C(C)CCCC(C)N. The summed E-state index contributed by atoms with van der Waals surface area (Å²) >= 11 is 0. The van der Waals surface area contributed by atoms with Crippen molar-refractivity contribution in [2.75, 3.05) is 0 Å². The first-order valence-electron chi connectivity index (χ1n) is 7.93. The molecule has 3 unspecified atom stereocenters. The highest BCUT2D eigenvalue weighted by Crippen LogP contribution is 2.14. The Morgan fingerprint density at radius 2 is 1.68 bits per heavy atom. The molecule has 0 aliphatic heterocycles. The topological polar surface area (TPSA) is 52.3 Å². The van der Waals surface area contributed by atoms with Crippen LogP contribution in [0, 0.1) is 5.92 Å². The maximum absolute atomic E-state index is 11.9. The average molecular weight is 271 g/mol. The Balaban J connectivity index is 3.69. The molecule has 0 heterocycles. The van der Waals surface area contributed by atoms with Gasteiger partial charge in [0, 0.05) is 6.04 Å². The van der Waals surface area contributed by atoms with Gasteiger partial charge in [-0.1, -0.05) is 39.5 Å². The van der Waals surface area contributed by atoms with Gasteiger partial charge in [-0.05, 0) is 39.5 Å². The average Bonchev–Trinajstić information content (AvgIpc) is 2.34. The summed E-state index contributed by atoms with van der Waals surface area (Å²) in [7, 11) is 0. The third-order valence-electron chi connectivity index (χ3n) is 3.48. The summed E-state index contributed by atoms with van der Waals surface area (Å²) in [4.78, 5) is 11.9. The molecule has 2 N–H and O–H groups in total. The summed E-state index contributed by atoms with van der Waals surface area (Å²) in [5.41, 5.74) is 5.70. The molecule has 0 fully saturated rings. The van der Waals surface area contributed by atoms with Gasteiger partial charge in [-0.3, -0.25) is 4.79 Å². The quantitative estimate of drug-likeness (QED) is 0.456. The summed E-state index contributed by atoms with van der Waals surface area (Å²) in [6.45, 7) is 8.15.